The predicted octanol–water partition coefficient (Wildman–Crippen LogP) is 2.48. The van der Waals surface area contributed by atoms with Crippen molar-refractivity contribution in [2.75, 3.05) is 24.7 Å². The summed E-state index contributed by atoms with van der Waals surface area (Å²) in [5, 5.41) is 0. The van der Waals surface area contributed by atoms with Crippen molar-refractivity contribution in [1.82, 2.24) is 9.80 Å². The van der Waals surface area contributed by atoms with Crippen molar-refractivity contribution in [3.05, 3.63) is 35.4 Å². The number of hydrogen-bond donors (Lipinski definition) is 1. The molecule has 7 heteroatoms. The van der Waals surface area contributed by atoms with Gasteiger partial charge in [0.15, 0.2) is 0 Å². The summed E-state index contributed by atoms with van der Waals surface area (Å²) in [7, 11) is 0. The number of nitrogens with two attached hydrogens (primary N) is 1. The number of carbonyl (C=O) groups is 2. The fourth-order valence-electron chi connectivity index (χ4n) is 3.32. The number of hydrogen-bond acceptors (Lipinski definition) is 4. The van der Waals surface area contributed by atoms with E-state index >= 15 is 0 Å². The van der Waals surface area contributed by atoms with Gasteiger partial charge in [0.05, 0.1) is 5.88 Å². The summed E-state index contributed by atoms with van der Waals surface area (Å²) < 4.78 is 0. The van der Waals surface area contributed by atoms with Gasteiger partial charge < -0.3 is 15.5 Å². The summed E-state index contributed by atoms with van der Waals surface area (Å²) in [6.07, 6.45) is 0.841. The van der Waals surface area contributed by atoms with Crippen molar-refractivity contribution in [1.29, 1.82) is 0 Å². The van der Waals surface area contributed by atoms with E-state index in [-0.39, 0.29) is 41.7 Å². The zero-order chi connectivity index (χ0) is 18.2. The first-order valence-electron chi connectivity index (χ1n) is 8.81. The van der Waals surface area contributed by atoms with Gasteiger partial charge in [-0.2, -0.15) is 0 Å². The molecule has 2 aliphatic heterocycles. The van der Waals surface area contributed by atoms with E-state index in [0.29, 0.717) is 30.3 Å². The highest BCUT2D eigenvalue weighted by Gasteiger charge is 2.39. The minimum Gasteiger partial charge on any atom is -0.339 e. The molecule has 2 aliphatic rings. The van der Waals surface area contributed by atoms with E-state index < -0.39 is 0 Å². The van der Waals surface area contributed by atoms with E-state index in [4.69, 9.17) is 5.73 Å². The summed E-state index contributed by atoms with van der Waals surface area (Å²) in [5.41, 5.74) is 7.81. The molecule has 0 saturated carbocycles. The Labute approximate surface area is 166 Å². The molecular formula is C19H28ClN3O2S. The van der Waals surface area contributed by atoms with Crippen molar-refractivity contribution in [2.45, 2.75) is 44.7 Å². The molecule has 2 N–H and O–H groups in total. The lowest BCUT2D eigenvalue weighted by atomic mass is 9.86. The van der Waals surface area contributed by atoms with Crippen LogP contribution in [0.2, 0.25) is 0 Å². The maximum absolute atomic E-state index is 12.9. The molecule has 0 radical (unpaired) electrons. The summed E-state index contributed by atoms with van der Waals surface area (Å²) in [4.78, 5) is 29.2. The average Bonchev–Trinajstić information content (AvgIpc) is 3.22. The molecule has 2 saturated heterocycles. The van der Waals surface area contributed by atoms with Crippen LogP contribution in [0.3, 0.4) is 0 Å². The van der Waals surface area contributed by atoms with Gasteiger partial charge >= 0.3 is 0 Å². The van der Waals surface area contributed by atoms with Gasteiger partial charge in [-0.15, -0.1) is 24.2 Å². The van der Waals surface area contributed by atoms with Crippen LogP contribution >= 0.6 is 24.2 Å². The van der Waals surface area contributed by atoms with E-state index in [9.17, 15) is 9.59 Å². The molecule has 26 heavy (non-hydrogen) atoms. The highest BCUT2D eigenvalue weighted by molar-refractivity contribution is 7.99. The predicted molar refractivity (Wildman–Crippen MR) is 109 cm³/mol. The Balaban J connectivity index is 0.00000243. The lowest BCUT2D eigenvalue weighted by Crippen LogP contribution is -2.48. The molecule has 5 nitrogen and oxygen atoms in total. The van der Waals surface area contributed by atoms with Crippen molar-refractivity contribution in [3.63, 3.8) is 0 Å². The second kappa shape index (κ2) is 8.19. The average molecular weight is 398 g/mol. The molecule has 2 heterocycles. The lowest BCUT2D eigenvalue weighted by molar-refractivity contribution is -0.133. The maximum Gasteiger partial charge on any atom is 0.255 e. The second-order valence-corrected chi connectivity index (χ2v) is 8.95. The third-order valence-corrected chi connectivity index (χ3v) is 5.97. The highest BCUT2D eigenvalue weighted by Crippen LogP contribution is 2.27. The van der Waals surface area contributed by atoms with Crippen LogP contribution in [-0.4, -0.2) is 58.4 Å². The van der Waals surface area contributed by atoms with Crippen molar-refractivity contribution >= 4 is 36.0 Å². The number of likely N-dealkylation sites (tertiary alicyclic amines) is 1. The van der Waals surface area contributed by atoms with Gasteiger partial charge in [-0.25, -0.2) is 0 Å². The molecule has 0 aromatic heterocycles. The Hall–Kier alpha value is -1.24. The Morgan fingerprint density at radius 3 is 2.38 bits per heavy atom. The van der Waals surface area contributed by atoms with E-state index in [2.05, 4.69) is 20.8 Å². The van der Waals surface area contributed by atoms with Crippen LogP contribution in [0, 0.1) is 0 Å². The first-order chi connectivity index (χ1) is 11.8. The molecule has 2 fully saturated rings. The summed E-state index contributed by atoms with van der Waals surface area (Å²) in [6, 6.07) is 7.45. The van der Waals surface area contributed by atoms with Crippen molar-refractivity contribution < 1.29 is 9.59 Å². The van der Waals surface area contributed by atoms with Gasteiger partial charge in [-0.1, -0.05) is 32.9 Å². The first-order valence-corrected chi connectivity index (χ1v) is 9.96. The van der Waals surface area contributed by atoms with Crippen LogP contribution < -0.4 is 5.73 Å². The summed E-state index contributed by atoms with van der Waals surface area (Å²) in [6.45, 7) is 7.75. The van der Waals surface area contributed by atoms with Gasteiger partial charge in [-0.05, 0) is 29.5 Å². The van der Waals surface area contributed by atoms with Crippen molar-refractivity contribution in [3.8, 4) is 0 Å². The number of thioether (sulfide) groups is 1. The van der Waals surface area contributed by atoms with Gasteiger partial charge in [0.2, 0.25) is 5.91 Å². The second-order valence-electron chi connectivity index (χ2n) is 7.95. The number of rotatable bonds is 2. The maximum atomic E-state index is 12.9. The molecular weight excluding hydrogens is 370 g/mol. The van der Waals surface area contributed by atoms with Gasteiger partial charge in [-0.3, -0.25) is 9.59 Å². The van der Waals surface area contributed by atoms with Crippen LogP contribution in [0.15, 0.2) is 24.3 Å². The smallest absolute Gasteiger partial charge is 0.255 e. The fraction of sp³-hybridized carbons (Fsp3) is 0.579. The molecule has 0 bridgehead atoms. The standard InChI is InChI=1S/C19H27N3O2S.ClH/c1-19(2,3)14-6-4-13(5-7-14)17(23)22-12-25-11-16(22)18(24)21-9-8-15(20)10-21;/h4-7,15-16H,8-12,20H2,1-3H3;1H/t15-,16?;/m1./s1. The quantitative estimate of drug-likeness (QED) is 0.832. The molecule has 1 aromatic rings. The minimum absolute atomic E-state index is 0. The lowest BCUT2D eigenvalue weighted by Gasteiger charge is -2.27. The van der Waals surface area contributed by atoms with Crippen LogP contribution in [0.5, 0.6) is 0 Å². The largest absolute Gasteiger partial charge is 0.339 e. The molecule has 144 valence electrons. The molecule has 1 aromatic carbocycles. The van der Waals surface area contributed by atoms with Gasteiger partial charge in [0.1, 0.15) is 6.04 Å². The Morgan fingerprint density at radius 2 is 1.85 bits per heavy atom. The van der Waals surface area contributed by atoms with Crippen molar-refractivity contribution in [2.24, 2.45) is 5.73 Å². The molecule has 1 unspecified atom stereocenters. The van der Waals surface area contributed by atoms with Crippen LogP contribution in [-0.2, 0) is 10.2 Å². The van der Waals surface area contributed by atoms with E-state index in [1.54, 1.807) is 16.7 Å². The Bertz CT molecular complexity index is 660. The normalized spacial score (nSPS) is 23.1. The minimum atomic E-state index is -0.370. The van der Waals surface area contributed by atoms with E-state index in [1.807, 2.05) is 29.2 Å². The Morgan fingerprint density at radius 1 is 1.19 bits per heavy atom. The Kier molecular flexibility index (Phi) is 6.64. The topological polar surface area (TPSA) is 66.6 Å². The summed E-state index contributed by atoms with van der Waals surface area (Å²) >= 11 is 1.63. The third kappa shape index (κ3) is 4.35. The number of nitrogens with zero attached hydrogens (tertiary/aromatic N) is 2. The molecule has 0 spiro atoms. The third-order valence-electron chi connectivity index (χ3n) is 4.96. The van der Waals surface area contributed by atoms with Gasteiger partial charge in [0, 0.05) is 30.4 Å². The first kappa shape index (κ1) is 21.1. The highest BCUT2D eigenvalue weighted by atomic mass is 35.5. The number of benzene rings is 1. The van der Waals surface area contributed by atoms with Crippen LogP contribution in [0.25, 0.3) is 0 Å². The van der Waals surface area contributed by atoms with E-state index in [1.165, 1.54) is 5.56 Å². The molecule has 0 aliphatic carbocycles. The molecule has 2 atom stereocenters. The van der Waals surface area contributed by atoms with Gasteiger partial charge in [0.25, 0.3) is 5.91 Å². The summed E-state index contributed by atoms with van der Waals surface area (Å²) in [5.74, 6) is 1.21. The monoisotopic (exact) mass is 397 g/mol. The molecule has 3 rings (SSSR count). The number of carbonyl (C=O) groups excluding carboxylic acids is 2. The SMILES string of the molecule is CC(C)(C)c1ccc(C(=O)N2CSCC2C(=O)N2CC[C@@H](N)C2)cc1.Cl. The van der Waals surface area contributed by atoms with Crippen LogP contribution in [0.1, 0.15) is 43.1 Å². The number of amides is 2. The van der Waals surface area contributed by atoms with E-state index in [0.717, 1.165) is 6.42 Å². The zero-order valence-corrected chi connectivity index (χ0v) is 17.2. The van der Waals surface area contributed by atoms with Crippen LogP contribution in [0.4, 0.5) is 0 Å². The number of halogens is 1. The molecule has 2 amide bonds. The zero-order valence-electron chi connectivity index (χ0n) is 15.6. The fourth-order valence-corrected chi connectivity index (χ4v) is 4.47.